The molecule has 0 radical (unpaired) electrons. The lowest BCUT2D eigenvalue weighted by Gasteiger charge is -2.44. The highest BCUT2D eigenvalue weighted by Crippen LogP contribution is 2.33. The Labute approximate surface area is 118 Å². The van der Waals surface area contributed by atoms with Gasteiger partial charge < -0.3 is 9.84 Å². The van der Waals surface area contributed by atoms with Crippen molar-refractivity contribution >= 4 is 0 Å². The van der Waals surface area contributed by atoms with Crippen LogP contribution in [0.2, 0.25) is 0 Å². The highest BCUT2D eigenvalue weighted by atomic mass is 16.5. The van der Waals surface area contributed by atoms with Crippen LogP contribution in [0.3, 0.4) is 0 Å². The summed E-state index contributed by atoms with van der Waals surface area (Å²) in [6, 6.07) is 0.407. The normalized spacial score (nSPS) is 37.4. The molecule has 2 aliphatic rings. The molecule has 4 atom stereocenters. The molecule has 0 aromatic carbocycles. The van der Waals surface area contributed by atoms with E-state index < -0.39 is 0 Å². The molecule has 2 rings (SSSR count). The number of rotatable bonds is 5. The lowest BCUT2D eigenvalue weighted by atomic mass is 9.80. The topological polar surface area (TPSA) is 32.7 Å². The monoisotopic (exact) mass is 269 g/mol. The molecule has 1 heterocycles. The Hall–Kier alpha value is -0.120. The van der Waals surface area contributed by atoms with Gasteiger partial charge in [0.25, 0.3) is 0 Å². The second-order valence-electron chi connectivity index (χ2n) is 6.56. The number of nitrogens with zero attached hydrogens (tertiary/aromatic N) is 1. The highest BCUT2D eigenvalue weighted by Gasteiger charge is 2.35. The van der Waals surface area contributed by atoms with Crippen LogP contribution in [0.15, 0.2) is 0 Å². The fourth-order valence-corrected chi connectivity index (χ4v) is 4.05. The molecule has 0 bridgehead atoms. The average molecular weight is 269 g/mol. The third-order valence-electron chi connectivity index (χ3n) is 5.01. The Morgan fingerprint density at radius 1 is 1.21 bits per heavy atom. The molecule has 1 saturated heterocycles. The average Bonchev–Trinajstić information content (AvgIpc) is 2.42. The van der Waals surface area contributed by atoms with Crippen LogP contribution in [0.1, 0.15) is 51.9 Å². The first-order valence-corrected chi connectivity index (χ1v) is 8.15. The third kappa shape index (κ3) is 4.17. The summed E-state index contributed by atoms with van der Waals surface area (Å²) in [5, 5.41) is 10.4. The number of ether oxygens (including phenoxy) is 1. The van der Waals surface area contributed by atoms with Crippen LogP contribution >= 0.6 is 0 Å². The second kappa shape index (κ2) is 7.61. The summed E-state index contributed by atoms with van der Waals surface area (Å²) in [6.07, 6.45) is 8.48. The first-order chi connectivity index (χ1) is 9.24. The number of piperidine rings is 1. The van der Waals surface area contributed by atoms with E-state index in [0.717, 1.165) is 25.5 Å². The van der Waals surface area contributed by atoms with Crippen LogP contribution in [-0.4, -0.2) is 49.0 Å². The molecular weight excluding hydrogens is 238 g/mol. The maximum Gasteiger partial charge on any atom is 0.0695 e. The van der Waals surface area contributed by atoms with Crippen LogP contribution in [-0.2, 0) is 4.74 Å². The van der Waals surface area contributed by atoms with Gasteiger partial charge in [-0.25, -0.2) is 0 Å². The lowest BCUT2D eigenvalue weighted by Crippen LogP contribution is -2.51. The van der Waals surface area contributed by atoms with Crippen molar-refractivity contribution in [2.75, 3.05) is 26.8 Å². The van der Waals surface area contributed by atoms with Crippen LogP contribution in [0, 0.1) is 11.8 Å². The number of hydrogen-bond donors (Lipinski definition) is 1. The zero-order valence-corrected chi connectivity index (χ0v) is 12.7. The standard InChI is InChI=1S/C16H31NO2/c1-3-5-13-7-8-16(18)15(10-13)17-9-4-6-14(11-17)12-19-2/h13-16,18H,3-12H2,1-2H3. The van der Waals surface area contributed by atoms with Crippen molar-refractivity contribution in [2.45, 2.75) is 64.0 Å². The minimum atomic E-state index is -0.102. The number of aliphatic hydroxyl groups is 1. The zero-order chi connectivity index (χ0) is 13.7. The Bertz CT molecular complexity index is 257. The fourth-order valence-electron chi connectivity index (χ4n) is 4.05. The minimum absolute atomic E-state index is 0.102. The van der Waals surface area contributed by atoms with E-state index in [2.05, 4.69) is 11.8 Å². The summed E-state index contributed by atoms with van der Waals surface area (Å²) in [4.78, 5) is 2.56. The van der Waals surface area contributed by atoms with Crippen LogP contribution in [0.5, 0.6) is 0 Å². The molecule has 112 valence electrons. The van der Waals surface area contributed by atoms with Gasteiger partial charge in [-0.1, -0.05) is 19.8 Å². The van der Waals surface area contributed by atoms with Gasteiger partial charge in [0.15, 0.2) is 0 Å². The summed E-state index contributed by atoms with van der Waals surface area (Å²) >= 11 is 0. The SMILES string of the molecule is CCCC1CCC(O)C(N2CCCC(COC)C2)C1. The predicted molar refractivity (Wildman–Crippen MR) is 78.2 cm³/mol. The molecule has 0 aromatic rings. The van der Waals surface area contributed by atoms with Crippen LogP contribution < -0.4 is 0 Å². The van der Waals surface area contributed by atoms with E-state index in [0.29, 0.717) is 12.0 Å². The number of likely N-dealkylation sites (tertiary alicyclic amines) is 1. The van der Waals surface area contributed by atoms with E-state index in [4.69, 9.17) is 4.74 Å². The van der Waals surface area contributed by atoms with Gasteiger partial charge in [0.1, 0.15) is 0 Å². The Kier molecular flexibility index (Phi) is 6.11. The van der Waals surface area contributed by atoms with Gasteiger partial charge in [0.05, 0.1) is 12.7 Å². The van der Waals surface area contributed by atoms with E-state index >= 15 is 0 Å². The zero-order valence-electron chi connectivity index (χ0n) is 12.7. The Morgan fingerprint density at radius 2 is 2.05 bits per heavy atom. The van der Waals surface area contributed by atoms with E-state index in [9.17, 15) is 5.11 Å². The molecule has 19 heavy (non-hydrogen) atoms. The van der Waals surface area contributed by atoms with Crippen molar-refractivity contribution in [3.8, 4) is 0 Å². The number of aliphatic hydroxyl groups excluding tert-OH is 1. The third-order valence-corrected chi connectivity index (χ3v) is 5.01. The highest BCUT2D eigenvalue weighted by molar-refractivity contribution is 4.89. The molecule has 1 N–H and O–H groups in total. The quantitative estimate of drug-likeness (QED) is 0.833. The second-order valence-corrected chi connectivity index (χ2v) is 6.56. The first kappa shape index (κ1) is 15.3. The molecular formula is C16H31NO2. The summed E-state index contributed by atoms with van der Waals surface area (Å²) in [6.45, 7) is 5.43. The van der Waals surface area contributed by atoms with Gasteiger partial charge in [-0.2, -0.15) is 0 Å². The Morgan fingerprint density at radius 3 is 2.79 bits per heavy atom. The summed E-state index contributed by atoms with van der Waals surface area (Å²) in [5.41, 5.74) is 0. The molecule has 4 unspecified atom stereocenters. The summed E-state index contributed by atoms with van der Waals surface area (Å²) in [5.74, 6) is 1.50. The van der Waals surface area contributed by atoms with E-state index in [1.165, 1.54) is 45.1 Å². The van der Waals surface area contributed by atoms with Crippen molar-refractivity contribution < 1.29 is 9.84 Å². The predicted octanol–water partition coefficient (Wildman–Crippen LogP) is 2.67. The largest absolute Gasteiger partial charge is 0.391 e. The number of methoxy groups -OCH3 is 1. The van der Waals surface area contributed by atoms with Crippen molar-refractivity contribution in [2.24, 2.45) is 11.8 Å². The van der Waals surface area contributed by atoms with E-state index in [-0.39, 0.29) is 6.10 Å². The van der Waals surface area contributed by atoms with Crippen molar-refractivity contribution in [3.05, 3.63) is 0 Å². The molecule has 1 saturated carbocycles. The van der Waals surface area contributed by atoms with E-state index in [1.54, 1.807) is 7.11 Å². The molecule has 3 nitrogen and oxygen atoms in total. The molecule has 0 amide bonds. The summed E-state index contributed by atoms with van der Waals surface area (Å²) < 4.78 is 5.31. The number of hydrogen-bond acceptors (Lipinski definition) is 3. The van der Waals surface area contributed by atoms with Crippen LogP contribution in [0.4, 0.5) is 0 Å². The fraction of sp³-hybridized carbons (Fsp3) is 1.00. The van der Waals surface area contributed by atoms with Gasteiger partial charge in [0.2, 0.25) is 0 Å². The summed E-state index contributed by atoms with van der Waals surface area (Å²) in [7, 11) is 1.80. The van der Waals surface area contributed by atoms with E-state index in [1.807, 2.05) is 0 Å². The van der Waals surface area contributed by atoms with Crippen molar-refractivity contribution in [1.82, 2.24) is 4.90 Å². The minimum Gasteiger partial charge on any atom is -0.391 e. The van der Waals surface area contributed by atoms with Gasteiger partial charge in [0, 0.05) is 19.7 Å². The molecule has 1 aliphatic heterocycles. The lowest BCUT2D eigenvalue weighted by molar-refractivity contribution is -0.0235. The maximum absolute atomic E-state index is 10.4. The van der Waals surface area contributed by atoms with Gasteiger partial charge in [-0.15, -0.1) is 0 Å². The molecule has 1 aliphatic carbocycles. The van der Waals surface area contributed by atoms with Crippen molar-refractivity contribution in [3.63, 3.8) is 0 Å². The smallest absolute Gasteiger partial charge is 0.0695 e. The first-order valence-electron chi connectivity index (χ1n) is 8.15. The Balaban J connectivity index is 1.90. The molecule has 0 aromatic heterocycles. The van der Waals surface area contributed by atoms with Gasteiger partial charge in [-0.05, 0) is 50.5 Å². The molecule has 0 spiro atoms. The molecule has 3 heteroatoms. The van der Waals surface area contributed by atoms with Gasteiger partial charge in [-0.3, -0.25) is 4.90 Å². The van der Waals surface area contributed by atoms with Gasteiger partial charge >= 0.3 is 0 Å². The maximum atomic E-state index is 10.4. The van der Waals surface area contributed by atoms with Crippen molar-refractivity contribution in [1.29, 1.82) is 0 Å². The molecule has 2 fully saturated rings. The van der Waals surface area contributed by atoms with Crippen LogP contribution in [0.25, 0.3) is 0 Å².